The lowest BCUT2D eigenvalue weighted by Gasteiger charge is -2.41. The number of hydrogen-bond acceptors (Lipinski definition) is 3. The number of carboxylic acids is 1. The molecule has 1 saturated heterocycles. The minimum Gasteiger partial charge on any atom is -0.477 e. The van der Waals surface area contributed by atoms with Gasteiger partial charge in [0.25, 0.3) is 0 Å². The van der Waals surface area contributed by atoms with Crippen molar-refractivity contribution in [3.8, 4) is 0 Å². The fourth-order valence-electron chi connectivity index (χ4n) is 2.18. The van der Waals surface area contributed by atoms with E-state index in [0.717, 1.165) is 10.7 Å². The highest BCUT2D eigenvalue weighted by atomic mass is 32.2. The number of β-lactam (4-membered cyclic amide) rings is 1. The Morgan fingerprint density at radius 3 is 2.87 bits per heavy atom. The van der Waals surface area contributed by atoms with E-state index in [-0.39, 0.29) is 23.6 Å². The maximum Gasteiger partial charge on any atom is 0.353 e. The van der Waals surface area contributed by atoms with Crippen LogP contribution in [0.3, 0.4) is 0 Å². The van der Waals surface area contributed by atoms with Crippen LogP contribution in [0, 0.1) is 5.92 Å². The second-order valence-electron chi connectivity index (χ2n) is 3.78. The van der Waals surface area contributed by atoms with Gasteiger partial charge in [-0.1, -0.05) is 13.8 Å². The van der Waals surface area contributed by atoms with Crippen LogP contribution in [-0.4, -0.2) is 33.7 Å². The highest BCUT2D eigenvalue weighted by Gasteiger charge is 2.52. The van der Waals surface area contributed by atoms with Crippen molar-refractivity contribution in [2.45, 2.75) is 26.3 Å². The average Bonchev–Trinajstić information content (AvgIpc) is 2.54. The van der Waals surface area contributed by atoms with Crippen LogP contribution in [0.2, 0.25) is 0 Å². The minimum atomic E-state index is -0.978. The zero-order valence-corrected chi connectivity index (χ0v) is 9.50. The minimum absolute atomic E-state index is 0.0192. The first-order valence-corrected chi connectivity index (χ1v) is 5.98. The van der Waals surface area contributed by atoms with Crippen molar-refractivity contribution in [2.24, 2.45) is 5.92 Å². The first-order chi connectivity index (χ1) is 7.07. The Balaban J connectivity index is 2.29. The van der Waals surface area contributed by atoms with Crippen LogP contribution >= 0.6 is 11.8 Å². The Bertz CT molecular complexity index is 364. The number of carbonyl (C=O) groups is 2. The highest BCUT2D eigenvalue weighted by Crippen LogP contribution is 2.45. The van der Waals surface area contributed by atoms with Crippen LogP contribution in [0.15, 0.2) is 10.6 Å². The van der Waals surface area contributed by atoms with Crippen LogP contribution in [0.4, 0.5) is 0 Å². The van der Waals surface area contributed by atoms with Gasteiger partial charge < -0.3 is 10.0 Å². The van der Waals surface area contributed by atoms with Crippen molar-refractivity contribution >= 4 is 23.6 Å². The molecule has 0 aromatic carbocycles. The van der Waals surface area contributed by atoms with Gasteiger partial charge in [0.15, 0.2) is 0 Å². The SMILES string of the molecule is CCSC1=C(C(=O)O)N2C(=O)[C@@H](C)C2C1. The molecule has 2 heterocycles. The summed E-state index contributed by atoms with van der Waals surface area (Å²) in [5.41, 5.74) is 0.218. The third-order valence-electron chi connectivity index (χ3n) is 2.96. The lowest BCUT2D eigenvalue weighted by Crippen LogP contribution is -2.57. The van der Waals surface area contributed by atoms with Gasteiger partial charge in [-0.25, -0.2) is 4.79 Å². The van der Waals surface area contributed by atoms with E-state index in [9.17, 15) is 9.59 Å². The van der Waals surface area contributed by atoms with Crippen LogP contribution in [0.1, 0.15) is 20.3 Å². The Morgan fingerprint density at radius 1 is 1.67 bits per heavy atom. The van der Waals surface area contributed by atoms with Gasteiger partial charge in [-0.3, -0.25) is 4.79 Å². The van der Waals surface area contributed by atoms with Gasteiger partial charge in [-0.05, 0) is 5.75 Å². The normalized spacial score (nSPS) is 29.2. The molecule has 82 valence electrons. The quantitative estimate of drug-likeness (QED) is 0.738. The third kappa shape index (κ3) is 1.37. The van der Waals surface area contributed by atoms with Crippen LogP contribution in [-0.2, 0) is 9.59 Å². The van der Waals surface area contributed by atoms with Crippen LogP contribution in [0.5, 0.6) is 0 Å². The summed E-state index contributed by atoms with van der Waals surface area (Å²) in [4.78, 5) is 24.9. The third-order valence-corrected chi connectivity index (χ3v) is 3.95. The molecule has 0 bridgehead atoms. The molecule has 15 heavy (non-hydrogen) atoms. The van der Waals surface area contributed by atoms with Crippen molar-refractivity contribution in [1.82, 2.24) is 4.90 Å². The van der Waals surface area contributed by atoms with E-state index in [2.05, 4.69) is 0 Å². The molecule has 1 fully saturated rings. The number of aliphatic carboxylic acids is 1. The van der Waals surface area contributed by atoms with Crippen molar-refractivity contribution in [3.05, 3.63) is 10.6 Å². The van der Waals surface area contributed by atoms with E-state index < -0.39 is 5.97 Å². The van der Waals surface area contributed by atoms with Gasteiger partial charge in [-0.15, -0.1) is 11.8 Å². The largest absolute Gasteiger partial charge is 0.477 e. The zero-order valence-electron chi connectivity index (χ0n) is 8.69. The lowest BCUT2D eigenvalue weighted by molar-refractivity contribution is -0.153. The molecule has 0 saturated carbocycles. The molecule has 1 N–H and O–H groups in total. The van der Waals surface area contributed by atoms with Gasteiger partial charge in [-0.2, -0.15) is 0 Å². The summed E-state index contributed by atoms with van der Waals surface area (Å²) in [6.45, 7) is 3.85. The maximum atomic E-state index is 11.5. The Morgan fingerprint density at radius 2 is 2.33 bits per heavy atom. The van der Waals surface area contributed by atoms with E-state index in [1.54, 1.807) is 0 Å². The zero-order chi connectivity index (χ0) is 11.2. The van der Waals surface area contributed by atoms with Crippen molar-refractivity contribution in [1.29, 1.82) is 0 Å². The molecule has 5 heteroatoms. The predicted octanol–water partition coefficient (Wildman–Crippen LogP) is 1.29. The molecular formula is C10H13NO3S. The number of thioether (sulfide) groups is 1. The molecule has 0 radical (unpaired) electrons. The molecule has 0 aromatic heterocycles. The second-order valence-corrected chi connectivity index (χ2v) is 5.14. The summed E-state index contributed by atoms with van der Waals surface area (Å²) in [5, 5.41) is 9.07. The number of hydrogen-bond donors (Lipinski definition) is 1. The smallest absolute Gasteiger partial charge is 0.353 e. The molecule has 2 aliphatic rings. The summed E-state index contributed by atoms with van der Waals surface area (Å²) in [7, 11) is 0. The monoisotopic (exact) mass is 227 g/mol. The van der Waals surface area contributed by atoms with E-state index in [1.165, 1.54) is 16.7 Å². The number of amides is 1. The van der Waals surface area contributed by atoms with E-state index in [1.807, 2.05) is 13.8 Å². The van der Waals surface area contributed by atoms with E-state index in [0.29, 0.717) is 6.42 Å². The fraction of sp³-hybridized carbons (Fsp3) is 0.600. The van der Waals surface area contributed by atoms with Crippen molar-refractivity contribution < 1.29 is 14.7 Å². The van der Waals surface area contributed by atoms with Crippen molar-refractivity contribution in [3.63, 3.8) is 0 Å². The highest BCUT2D eigenvalue weighted by molar-refractivity contribution is 8.03. The molecular weight excluding hydrogens is 214 g/mol. The molecule has 2 atom stereocenters. The number of carboxylic acid groups (broad SMARTS) is 1. The van der Waals surface area contributed by atoms with Gasteiger partial charge in [0.2, 0.25) is 5.91 Å². The lowest BCUT2D eigenvalue weighted by atomic mass is 9.89. The summed E-state index contributed by atoms with van der Waals surface area (Å²) in [6, 6.07) is 0.0950. The molecule has 0 aliphatic carbocycles. The predicted molar refractivity (Wildman–Crippen MR) is 57.2 cm³/mol. The van der Waals surface area contributed by atoms with E-state index in [4.69, 9.17) is 5.11 Å². The Labute approximate surface area is 92.3 Å². The molecule has 0 spiro atoms. The Hall–Kier alpha value is -0.970. The van der Waals surface area contributed by atoms with E-state index >= 15 is 0 Å². The van der Waals surface area contributed by atoms with Crippen LogP contribution < -0.4 is 0 Å². The molecule has 1 unspecified atom stereocenters. The number of fused-ring (bicyclic) bond motifs is 1. The maximum absolute atomic E-state index is 11.5. The van der Waals surface area contributed by atoms with Crippen LogP contribution in [0.25, 0.3) is 0 Å². The summed E-state index contributed by atoms with van der Waals surface area (Å²) >= 11 is 1.53. The van der Waals surface area contributed by atoms with Gasteiger partial charge in [0.1, 0.15) is 5.70 Å². The van der Waals surface area contributed by atoms with Gasteiger partial charge >= 0.3 is 5.97 Å². The summed E-state index contributed by atoms with van der Waals surface area (Å²) in [5.74, 6) is -0.206. The first kappa shape index (κ1) is 10.5. The number of carbonyl (C=O) groups excluding carboxylic acids is 1. The number of nitrogens with zero attached hydrogens (tertiary/aromatic N) is 1. The first-order valence-electron chi connectivity index (χ1n) is 5.00. The average molecular weight is 227 g/mol. The molecule has 2 aliphatic heterocycles. The molecule has 2 rings (SSSR count). The number of rotatable bonds is 3. The van der Waals surface area contributed by atoms with Gasteiger partial charge in [0.05, 0.1) is 12.0 Å². The molecule has 1 amide bonds. The summed E-state index contributed by atoms with van der Waals surface area (Å²) in [6.07, 6.45) is 0.715. The van der Waals surface area contributed by atoms with Crippen molar-refractivity contribution in [2.75, 3.05) is 5.75 Å². The second kappa shape index (κ2) is 3.56. The summed E-state index contributed by atoms with van der Waals surface area (Å²) < 4.78 is 0. The van der Waals surface area contributed by atoms with Gasteiger partial charge in [0, 0.05) is 11.3 Å². The topological polar surface area (TPSA) is 57.6 Å². The standard InChI is InChI=1S/C10H13NO3S/c1-3-15-7-4-6-5(2)9(12)11(6)8(7)10(13)14/h5-6H,3-4H2,1-2H3,(H,13,14)/t5-,6?/m0/s1. The Kier molecular flexibility index (Phi) is 2.50. The fourth-order valence-corrected chi connectivity index (χ4v) is 3.14. The molecule has 4 nitrogen and oxygen atoms in total. The molecule has 0 aromatic rings.